The third kappa shape index (κ3) is 4.45. The molecule has 10 heteroatoms. The minimum absolute atomic E-state index is 0.0631. The molecule has 2 amide bonds. The first-order valence-electron chi connectivity index (χ1n) is 8.54. The van der Waals surface area contributed by atoms with Crippen molar-refractivity contribution in [3.8, 4) is 0 Å². The number of anilines is 1. The smallest absolute Gasteiger partial charge is 0.294 e. The summed E-state index contributed by atoms with van der Waals surface area (Å²) in [7, 11) is -3.88. The van der Waals surface area contributed by atoms with Crippen molar-refractivity contribution in [1.82, 2.24) is 4.90 Å². The van der Waals surface area contributed by atoms with Gasteiger partial charge in [0, 0.05) is 18.7 Å². The Bertz CT molecular complexity index is 1020. The van der Waals surface area contributed by atoms with Gasteiger partial charge in [0.1, 0.15) is 9.46 Å². The fraction of sp³-hybridized carbons (Fsp3) is 0.278. The molecular formula is C18H19N3O4S3. The molecule has 1 aliphatic heterocycles. The predicted octanol–water partition coefficient (Wildman–Crippen LogP) is 3.09. The van der Waals surface area contributed by atoms with Gasteiger partial charge in [-0.05, 0) is 36.9 Å². The number of para-hydroxylation sites is 1. The number of hydrogen-bond acceptors (Lipinski definition) is 6. The lowest BCUT2D eigenvalue weighted by atomic mass is 10.2. The standard InChI is InChI=1S/C18H19N3O4S3/c1-3-21-17(23)14(11-15(22)19-13-8-5-4-7-12(13)2)27-18(21)20-28(24,25)16-9-6-10-26-16/h4-10,14H,3,11H2,1-2H3,(H,19,22). The molecule has 2 heterocycles. The van der Waals surface area contributed by atoms with E-state index in [-0.39, 0.29) is 34.2 Å². The van der Waals surface area contributed by atoms with Crippen LogP contribution in [0, 0.1) is 6.92 Å². The molecule has 0 spiro atoms. The molecule has 1 saturated heterocycles. The van der Waals surface area contributed by atoms with Gasteiger partial charge >= 0.3 is 0 Å². The van der Waals surface area contributed by atoms with Gasteiger partial charge in [-0.1, -0.05) is 36.0 Å². The van der Waals surface area contributed by atoms with Crippen molar-refractivity contribution in [2.24, 2.45) is 4.40 Å². The Hall–Kier alpha value is -2.17. The van der Waals surface area contributed by atoms with Crippen LogP contribution in [0.4, 0.5) is 5.69 Å². The number of hydrogen-bond donors (Lipinski definition) is 1. The lowest BCUT2D eigenvalue weighted by molar-refractivity contribution is -0.128. The molecule has 0 saturated carbocycles. The summed E-state index contributed by atoms with van der Waals surface area (Å²) in [5.41, 5.74) is 1.60. The van der Waals surface area contributed by atoms with Gasteiger partial charge in [0.25, 0.3) is 10.0 Å². The highest BCUT2D eigenvalue weighted by atomic mass is 32.2. The number of amidine groups is 1. The number of aryl methyl sites for hydroxylation is 1. The summed E-state index contributed by atoms with van der Waals surface area (Å²) in [5, 5.41) is 3.84. The molecule has 2 aromatic rings. The van der Waals surface area contributed by atoms with E-state index >= 15 is 0 Å². The lowest BCUT2D eigenvalue weighted by Gasteiger charge is -2.13. The Balaban J connectivity index is 1.75. The number of nitrogens with zero attached hydrogens (tertiary/aromatic N) is 2. The van der Waals surface area contributed by atoms with Gasteiger partial charge < -0.3 is 5.32 Å². The summed E-state index contributed by atoms with van der Waals surface area (Å²) >= 11 is 2.07. The fourth-order valence-corrected chi connectivity index (χ4v) is 6.03. The van der Waals surface area contributed by atoms with Crippen LogP contribution in [0.5, 0.6) is 0 Å². The minimum Gasteiger partial charge on any atom is -0.326 e. The van der Waals surface area contributed by atoms with E-state index < -0.39 is 15.3 Å². The Labute approximate surface area is 171 Å². The number of amides is 2. The van der Waals surface area contributed by atoms with Crippen molar-refractivity contribution >= 4 is 55.8 Å². The third-order valence-corrected chi connectivity index (χ3v) is 8.00. The number of thioether (sulfide) groups is 1. The van der Waals surface area contributed by atoms with Crippen LogP contribution in [0.1, 0.15) is 18.9 Å². The van der Waals surface area contributed by atoms with Crippen LogP contribution in [0.15, 0.2) is 50.4 Å². The lowest BCUT2D eigenvalue weighted by Crippen LogP contribution is -2.33. The zero-order valence-corrected chi connectivity index (χ0v) is 17.7. The second-order valence-electron chi connectivity index (χ2n) is 6.04. The third-order valence-electron chi connectivity index (χ3n) is 4.07. The zero-order valence-electron chi connectivity index (χ0n) is 15.3. The summed E-state index contributed by atoms with van der Waals surface area (Å²) in [4.78, 5) is 26.3. The normalized spacial score (nSPS) is 18.6. The highest BCUT2D eigenvalue weighted by molar-refractivity contribution is 8.16. The monoisotopic (exact) mass is 437 g/mol. The Morgan fingerprint density at radius 2 is 2.00 bits per heavy atom. The molecule has 1 N–H and O–H groups in total. The van der Waals surface area contributed by atoms with Crippen LogP contribution in [-0.4, -0.2) is 42.1 Å². The van der Waals surface area contributed by atoms with Crippen LogP contribution in [0.2, 0.25) is 0 Å². The van der Waals surface area contributed by atoms with Crippen molar-refractivity contribution < 1.29 is 18.0 Å². The summed E-state index contributed by atoms with van der Waals surface area (Å²) in [6.07, 6.45) is -0.0631. The van der Waals surface area contributed by atoms with E-state index in [0.717, 1.165) is 28.7 Å². The van der Waals surface area contributed by atoms with Gasteiger partial charge in [0.2, 0.25) is 11.8 Å². The summed E-state index contributed by atoms with van der Waals surface area (Å²) < 4.78 is 28.8. The van der Waals surface area contributed by atoms with Crippen molar-refractivity contribution in [3.05, 3.63) is 47.3 Å². The fourth-order valence-electron chi connectivity index (χ4n) is 2.64. The summed E-state index contributed by atoms with van der Waals surface area (Å²) in [6.45, 7) is 3.90. The average Bonchev–Trinajstić information content (AvgIpc) is 3.27. The van der Waals surface area contributed by atoms with Crippen molar-refractivity contribution in [3.63, 3.8) is 0 Å². The largest absolute Gasteiger partial charge is 0.326 e. The number of benzene rings is 1. The topological polar surface area (TPSA) is 95.9 Å². The molecular weight excluding hydrogens is 418 g/mol. The highest BCUT2D eigenvalue weighted by Crippen LogP contribution is 2.31. The Morgan fingerprint density at radius 1 is 1.25 bits per heavy atom. The molecule has 0 aliphatic carbocycles. The molecule has 28 heavy (non-hydrogen) atoms. The minimum atomic E-state index is -3.88. The van der Waals surface area contributed by atoms with Gasteiger partial charge in [0.05, 0.1) is 0 Å². The van der Waals surface area contributed by atoms with E-state index in [1.54, 1.807) is 24.4 Å². The molecule has 148 valence electrons. The van der Waals surface area contributed by atoms with Gasteiger partial charge in [0.15, 0.2) is 5.17 Å². The number of carbonyl (C=O) groups excluding carboxylic acids is 2. The van der Waals surface area contributed by atoms with Crippen molar-refractivity contribution in [2.45, 2.75) is 29.7 Å². The first-order chi connectivity index (χ1) is 13.3. The second-order valence-corrected chi connectivity index (χ2v) is 9.99. The first-order valence-corrected chi connectivity index (χ1v) is 11.7. The zero-order chi connectivity index (χ0) is 20.3. The molecule has 1 aromatic carbocycles. The van der Waals surface area contributed by atoms with E-state index in [9.17, 15) is 18.0 Å². The molecule has 0 bridgehead atoms. The van der Waals surface area contributed by atoms with Crippen LogP contribution >= 0.6 is 23.1 Å². The van der Waals surface area contributed by atoms with E-state index in [2.05, 4.69) is 9.71 Å². The van der Waals surface area contributed by atoms with Gasteiger partial charge in [-0.15, -0.1) is 15.7 Å². The maximum Gasteiger partial charge on any atom is 0.294 e. The predicted molar refractivity (Wildman–Crippen MR) is 112 cm³/mol. The SMILES string of the molecule is CCN1C(=O)C(CC(=O)Nc2ccccc2C)SC1=NS(=O)(=O)c1cccs1. The molecule has 3 rings (SSSR count). The number of sulfonamides is 1. The molecule has 1 fully saturated rings. The molecule has 1 aromatic heterocycles. The summed E-state index contributed by atoms with van der Waals surface area (Å²) in [6, 6.07) is 10.4. The molecule has 1 aliphatic rings. The average molecular weight is 438 g/mol. The van der Waals surface area contributed by atoms with Crippen LogP contribution in [0.3, 0.4) is 0 Å². The van der Waals surface area contributed by atoms with Crippen LogP contribution < -0.4 is 5.32 Å². The van der Waals surface area contributed by atoms with E-state index in [0.29, 0.717) is 5.69 Å². The molecule has 1 unspecified atom stereocenters. The molecule has 1 atom stereocenters. The van der Waals surface area contributed by atoms with Crippen LogP contribution in [0.25, 0.3) is 0 Å². The molecule has 0 radical (unpaired) electrons. The van der Waals surface area contributed by atoms with Gasteiger partial charge in [-0.25, -0.2) is 0 Å². The number of nitrogens with one attached hydrogen (secondary N) is 1. The number of rotatable bonds is 6. The molecule has 7 nitrogen and oxygen atoms in total. The van der Waals surface area contributed by atoms with E-state index in [4.69, 9.17) is 0 Å². The van der Waals surface area contributed by atoms with E-state index in [1.807, 2.05) is 25.1 Å². The Morgan fingerprint density at radius 3 is 2.64 bits per heavy atom. The van der Waals surface area contributed by atoms with Gasteiger partial charge in [-0.2, -0.15) is 8.42 Å². The van der Waals surface area contributed by atoms with Crippen molar-refractivity contribution in [1.29, 1.82) is 0 Å². The number of thiophene rings is 1. The maximum absolute atomic E-state index is 12.6. The summed E-state index contributed by atoms with van der Waals surface area (Å²) in [5.74, 6) is -0.619. The van der Waals surface area contributed by atoms with Crippen molar-refractivity contribution in [2.75, 3.05) is 11.9 Å². The second kappa shape index (κ2) is 8.46. The highest BCUT2D eigenvalue weighted by Gasteiger charge is 2.39. The Kier molecular flexibility index (Phi) is 6.21. The maximum atomic E-state index is 12.6. The van der Waals surface area contributed by atoms with Gasteiger partial charge in [-0.3, -0.25) is 14.5 Å². The first kappa shape index (κ1) is 20.6. The number of carbonyl (C=O) groups is 2. The van der Waals surface area contributed by atoms with Crippen LogP contribution in [-0.2, 0) is 19.6 Å². The quantitative estimate of drug-likeness (QED) is 0.749. The van der Waals surface area contributed by atoms with E-state index in [1.165, 1.54) is 11.0 Å².